The second-order valence-corrected chi connectivity index (χ2v) is 7.71. The Balaban J connectivity index is 1.92. The largest absolute Gasteiger partial charge is 0.507 e. The van der Waals surface area contributed by atoms with Crippen molar-refractivity contribution in [1.29, 1.82) is 0 Å². The van der Waals surface area contributed by atoms with Gasteiger partial charge in [0.2, 0.25) is 0 Å². The van der Waals surface area contributed by atoms with Gasteiger partial charge in [-0.1, -0.05) is 17.7 Å². The highest BCUT2D eigenvalue weighted by atomic mass is 35.5. The van der Waals surface area contributed by atoms with Crippen LogP contribution in [-0.4, -0.2) is 23.4 Å². The third-order valence-electron chi connectivity index (χ3n) is 5.21. The molecule has 0 spiro atoms. The zero-order valence-electron chi connectivity index (χ0n) is 17.6. The minimum atomic E-state index is -4.67. The lowest BCUT2D eigenvalue weighted by atomic mass is 9.99. The second-order valence-electron chi connectivity index (χ2n) is 7.31. The van der Waals surface area contributed by atoms with E-state index < -0.39 is 35.2 Å². The molecule has 1 aromatic heterocycles. The number of benzene rings is 2. The number of aliphatic hydroxyl groups excluding tert-OH is 1. The molecule has 1 N–H and O–H groups in total. The van der Waals surface area contributed by atoms with Gasteiger partial charge in [0.1, 0.15) is 23.3 Å². The van der Waals surface area contributed by atoms with Crippen molar-refractivity contribution in [3.05, 3.63) is 88.3 Å². The molecule has 1 fully saturated rings. The molecule has 1 atom stereocenters. The lowest BCUT2D eigenvalue weighted by Crippen LogP contribution is -2.29. The van der Waals surface area contributed by atoms with Crippen molar-refractivity contribution >= 4 is 34.7 Å². The van der Waals surface area contributed by atoms with Crippen LogP contribution < -0.4 is 9.64 Å². The van der Waals surface area contributed by atoms with Crippen molar-refractivity contribution in [2.45, 2.75) is 19.1 Å². The van der Waals surface area contributed by atoms with Gasteiger partial charge in [0.05, 0.1) is 29.0 Å². The maximum Gasteiger partial charge on any atom is 0.416 e. The molecular formula is C24H17ClF3NO5. The highest BCUT2D eigenvalue weighted by Gasteiger charge is 2.49. The standard InChI is InChI=1S/C24H17ClF3NO5/c1-2-33-15-8-9-17(25)16(12-15)21(30)19-20(18-7-4-10-34-18)29(23(32)22(19)31)14-6-3-5-13(11-14)24(26,27)28/h3-12,20,30H,2H2,1H3/b21-19-. The summed E-state index contributed by atoms with van der Waals surface area (Å²) in [4.78, 5) is 27.0. The summed E-state index contributed by atoms with van der Waals surface area (Å²) in [5.74, 6) is -2.42. The Morgan fingerprint density at radius 1 is 1.15 bits per heavy atom. The number of rotatable bonds is 5. The lowest BCUT2D eigenvalue weighted by Gasteiger charge is -2.24. The molecule has 1 aliphatic heterocycles. The van der Waals surface area contributed by atoms with E-state index >= 15 is 0 Å². The van der Waals surface area contributed by atoms with Crippen LogP contribution in [0.15, 0.2) is 70.9 Å². The molecule has 176 valence electrons. The Kier molecular flexibility index (Phi) is 6.14. The fourth-order valence-electron chi connectivity index (χ4n) is 3.73. The number of alkyl halides is 3. The van der Waals surface area contributed by atoms with Crippen molar-refractivity contribution in [2.24, 2.45) is 0 Å². The number of amides is 1. The van der Waals surface area contributed by atoms with Gasteiger partial charge < -0.3 is 14.3 Å². The molecular weight excluding hydrogens is 475 g/mol. The number of hydrogen-bond donors (Lipinski definition) is 1. The van der Waals surface area contributed by atoms with Crippen molar-refractivity contribution in [1.82, 2.24) is 0 Å². The van der Waals surface area contributed by atoms with E-state index in [1.165, 1.54) is 36.6 Å². The Hall–Kier alpha value is -3.72. The fourth-order valence-corrected chi connectivity index (χ4v) is 3.94. The van der Waals surface area contributed by atoms with Crippen molar-refractivity contribution < 1.29 is 37.0 Å². The minimum Gasteiger partial charge on any atom is -0.507 e. The van der Waals surface area contributed by atoms with Crippen LogP contribution in [0, 0.1) is 0 Å². The molecule has 0 bridgehead atoms. The molecule has 2 heterocycles. The number of ether oxygens (including phenoxy) is 1. The van der Waals surface area contributed by atoms with E-state index in [1.807, 2.05) is 0 Å². The first-order chi connectivity index (χ1) is 16.1. The lowest BCUT2D eigenvalue weighted by molar-refractivity contribution is -0.137. The summed E-state index contributed by atoms with van der Waals surface area (Å²) in [6, 6.07) is 10.0. The number of nitrogens with zero attached hydrogens (tertiary/aromatic N) is 1. The number of halogens is 4. The first kappa shape index (κ1) is 23.4. The van der Waals surface area contributed by atoms with Gasteiger partial charge in [0.15, 0.2) is 0 Å². The van der Waals surface area contributed by atoms with E-state index in [2.05, 4.69) is 0 Å². The summed E-state index contributed by atoms with van der Waals surface area (Å²) < 4.78 is 50.7. The number of aliphatic hydroxyl groups is 1. The monoisotopic (exact) mass is 491 g/mol. The summed E-state index contributed by atoms with van der Waals surface area (Å²) in [5.41, 5.74) is -1.55. The maximum absolute atomic E-state index is 13.3. The van der Waals surface area contributed by atoms with E-state index in [-0.39, 0.29) is 27.6 Å². The molecule has 2 aromatic carbocycles. The predicted octanol–water partition coefficient (Wildman–Crippen LogP) is 5.98. The quantitative estimate of drug-likeness (QED) is 0.270. The van der Waals surface area contributed by atoms with E-state index in [9.17, 15) is 27.9 Å². The van der Waals surface area contributed by atoms with Crippen LogP contribution in [0.4, 0.5) is 18.9 Å². The van der Waals surface area contributed by atoms with Crippen LogP contribution in [0.5, 0.6) is 5.75 Å². The van der Waals surface area contributed by atoms with Gasteiger partial charge in [0, 0.05) is 11.3 Å². The Bertz CT molecular complexity index is 1280. The van der Waals surface area contributed by atoms with Crippen LogP contribution >= 0.6 is 11.6 Å². The summed E-state index contributed by atoms with van der Waals surface area (Å²) in [7, 11) is 0. The van der Waals surface area contributed by atoms with E-state index in [4.69, 9.17) is 20.8 Å². The zero-order chi connectivity index (χ0) is 24.6. The van der Waals surface area contributed by atoms with Crippen LogP contribution in [0.1, 0.15) is 29.9 Å². The van der Waals surface area contributed by atoms with Gasteiger partial charge in [-0.15, -0.1) is 0 Å². The van der Waals surface area contributed by atoms with Crippen LogP contribution in [0.3, 0.4) is 0 Å². The number of anilines is 1. The highest BCUT2D eigenvalue weighted by Crippen LogP contribution is 2.44. The number of hydrogen-bond acceptors (Lipinski definition) is 5. The first-order valence-corrected chi connectivity index (χ1v) is 10.5. The van der Waals surface area contributed by atoms with Gasteiger partial charge >= 0.3 is 6.18 Å². The molecule has 4 rings (SSSR count). The van der Waals surface area contributed by atoms with Gasteiger partial charge in [-0.3, -0.25) is 14.5 Å². The van der Waals surface area contributed by atoms with Gasteiger partial charge in [-0.25, -0.2) is 0 Å². The number of Topliss-reactive ketones (excluding diaryl/α,β-unsaturated/α-hetero) is 1. The number of ketones is 1. The number of furan rings is 1. The molecule has 3 aromatic rings. The predicted molar refractivity (Wildman–Crippen MR) is 118 cm³/mol. The zero-order valence-corrected chi connectivity index (χ0v) is 18.4. The average Bonchev–Trinajstić information content (AvgIpc) is 3.41. The first-order valence-electron chi connectivity index (χ1n) is 10.1. The third-order valence-corrected chi connectivity index (χ3v) is 5.54. The van der Waals surface area contributed by atoms with Gasteiger partial charge in [-0.05, 0) is 55.5 Å². The Morgan fingerprint density at radius 2 is 1.91 bits per heavy atom. The van der Waals surface area contributed by atoms with Gasteiger partial charge in [0.25, 0.3) is 11.7 Å². The van der Waals surface area contributed by atoms with Crippen LogP contribution in [0.2, 0.25) is 5.02 Å². The smallest absolute Gasteiger partial charge is 0.416 e. The van der Waals surface area contributed by atoms with E-state index in [0.717, 1.165) is 23.1 Å². The Morgan fingerprint density at radius 3 is 2.56 bits per heavy atom. The topological polar surface area (TPSA) is 80.0 Å². The number of carbonyl (C=O) groups is 2. The highest BCUT2D eigenvalue weighted by molar-refractivity contribution is 6.52. The van der Waals surface area contributed by atoms with Crippen LogP contribution in [-0.2, 0) is 15.8 Å². The van der Waals surface area contributed by atoms with Crippen molar-refractivity contribution in [2.75, 3.05) is 11.5 Å². The fraction of sp³-hybridized carbons (Fsp3) is 0.167. The summed E-state index contributed by atoms with van der Waals surface area (Å²) >= 11 is 6.24. The molecule has 10 heteroatoms. The van der Waals surface area contributed by atoms with Gasteiger partial charge in [-0.2, -0.15) is 13.2 Å². The molecule has 0 aliphatic carbocycles. The molecule has 1 aliphatic rings. The summed E-state index contributed by atoms with van der Waals surface area (Å²) in [6.07, 6.45) is -3.39. The summed E-state index contributed by atoms with van der Waals surface area (Å²) in [6.45, 7) is 2.08. The molecule has 34 heavy (non-hydrogen) atoms. The average molecular weight is 492 g/mol. The molecule has 1 amide bonds. The minimum absolute atomic E-state index is 0.0196. The normalized spacial score (nSPS) is 17.9. The summed E-state index contributed by atoms with van der Waals surface area (Å²) in [5, 5.41) is 11.2. The maximum atomic E-state index is 13.3. The molecule has 1 saturated heterocycles. The third kappa shape index (κ3) is 4.14. The molecule has 1 unspecified atom stereocenters. The SMILES string of the molecule is CCOc1ccc(Cl)c(/C(O)=C2/C(=O)C(=O)N(c3cccc(C(F)(F)F)c3)C2c2ccco2)c1. The van der Waals surface area contributed by atoms with Crippen LogP contribution in [0.25, 0.3) is 5.76 Å². The molecule has 0 radical (unpaired) electrons. The molecule has 0 saturated carbocycles. The molecule has 6 nitrogen and oxygen atoms in total. The van der Waals surface area contributed by atoms with E-state index in [0.29, 0.717) is 12.4 Å². The number of carbonyl (C=O) groups excluding carboxylic acids is 2. The Labute approximate surface area is 196 Å². The van der Waals surface area contributed by atoms with Crippen molar-refractivity contribution in [3.63, 3.8) is 0 Å². The van der Waals surface area contributed by atoms with E-state index in [1.54, 1.807) is 13.0 Å². The second kappa shape index (κ2) is 8.90. The van der Waals surface area contributed by atoms with Crippen molar-refractivity contribution in [3.8, 4) is 5.75 Å².